The van der Waals surface area contributed by atoms with Gasteiger partial charge in [0.25, 0.3) is 5.91 Å². The maximum atomic E-state index is 14.3. The average Bonchev–Trinajstić information content (AvgIpc) is 3.38. The number of carbonyl (C=O) groups is 2. The average molecular weight is 720 g/mol. The van der Waals surface area contributed by atoms with Crippen molar-refractivity contribution in [3.05, 3.63) is 97.9 Å². The normalized spacial score (nSPS) is 17.8. The minimum Gasteiger partial charge on any atom is -0.494 e. The molecule has 3 aromatic carbocycles. The Labute approximate surface area is 282 Å². The van der Waals surface area contributed by atoms with E-state index in [-0.39, 0.29) is 31.9 Å². The van der Waals surface area contributed by atoms with Crippen LogP contribution in [0, 0.1) is 0 Å². The van der Waals surface area contributed by atoms with Crippen LogP contribution >= 0.6 is 39.1 Å². The highest BCUT2D eigenvalue weighted by molar-refractivity contribution is 9.10. The number of hydrogen-bond donors (Lipinski definition) is 2. The van der Waals surface area contributed by atoms with Crippen molar-refractivity contribution in [1.82, 2.24) is 5.32 Å². The van der Waals surface area contributed by atoms with Gasteiger partial charge in [0.15, 0.2) is 11.6 Å². The molecule has 0 aliphatic carbocycles. The second-order valence-electron chi connectivity index (χ2n) is 11.6. The fourth-order valence-corrected chi connectivity index (χ4v) is 5.90. The Balaban J connectivity index is 1.69. The first kappa shape index (κ1) is 34.8. The number of carbonyl (C=O) groups excluding carboxylic acids is 2. The smallest absolute Gasteiger partial charge is 0.306 e. The van der Waals surface area contributed by atoms with Gasteiger partial charge in [-0.15, -0.1) is 0 Å². The first-order valence-electron chi connectivity index (χ1n) is 14.7. The summed E-state index contributed by atoms with van der Waals surface area (Å²) in [5, 5.41) is 13.1. The Bertz CT molecular complexity index is 1530. The summed E-state index contributed by atoms with van der Waals surface area (Å²) in [6, 6.07) is 19.9. The minimum atomic E-state index is -1.50. The molecule has 2 atom stereocenters. The van der Waals surface area contributed by atoms with Crippen molar-refractivity contribution >= 4 is 56.9 Å². The van der Waals surface area contributed by atoms with Crippen molar-refractivity contribution in [2.45, 2.75) is 63.7 Å². The fourth-order valence-electron chi connectivity index (χ4n) is 4.91. The van der Waals surface area contributed by atoms with E-state index in [2.05, 4.69) is 21.2 Å². The summed E-state index contributed by atoms with van der Waals surface area (Å²) in [6.07, 6.45) is 0.0912. The fraction of sp³-hybridized carbons (Fsp3) is 0.382. The lowest BCUT2D eigenvalue weighted by molar-refractivity contribution is -0.155. The zero-order chi connectivity index (χ0) is 32.6. The molecule has 4 rings (SSSR count). The van der Waals surface area contributed by atoms with Crippen molar-refractivity contribution in [2.75, 3.05) is 19.8 Å². The zero-order valence-corrected chi connectivity index (χ0v) is 28.5. The maximum Gasteiger partial charge on any atom is 0.306 e. The summed E-state index contributed by atoms with van der Waals surface area (Å²) in [5.41, 5.74) is -0.00859. The van der Waals surface area contributed by atoms with Gasteiger partial charge in [0.2, 0.25) is 5.90 Å². The molecule has 0 radical (unpaired) electrons. The molecule has 0 saturated heterocycles. The van der Waals surface area contributed by atoms with Gasteiger partial charge in [-0.3, -0.25) is 9.59 Å². The molecule has 45 heavy (non-hydrogen) atoms. The highest BCUT2D eigenvalue weighted by atomic mass is 79.9. The van der Waals surface area contributed by atoms with E-state index in [1.165, 1.54) is 0 Å². The van der Waals surface area contributed by atoms with Gasteiger partial charge in [0.05, 0.1) is 6.61 Å². The number of halogens is 3. The first-order valence-corrected chi connectivity index (χ1v) is 16.3. The Hall–Kier alpha value is -3.11. The van der Waals surface area contributed by atoms with Crippen LogP contribution in [0.1, 0.15) is 62.8 Å². The lowest BCUT2D eigenvalue weighted by Crippen LogP contribution is -2.49. The van der Waals surface area contributed by atoms with E-state index >= 15 is 0 Å². The van der Waals surface area contributed by atoms with Gasteiger partial charge >= 0.3 is 5.97 Å². The molecule has 0 aromatic heterocycles. The summed E-state index contributed by atoms with van der Waals surface area (Å²) in [7, 11) is 0. The predicted molar refractivity (Wildman–Crippen MR) is 179 cm³/mol. The Morgan fingerprint density at radius 3 is 2.49 bits per heavy atom. The molecular weight excluding hydrogens is 683 g/mol. The Morgan fingerprint density at radius 1 is 1.09 bits per heavy atom. The molecular formula is C34H37BrCl2N2O6. The minimum absolute atomic E-state index is 0.0350. The van der Waals surface area contributed by atoms with Crippen molar-refractivity contribution in [3.63, 3.8) is 0 Å². The third-order valence-electron chi connectivity index (χ3n) is 7.04. The molecule has 1 aliphatic rings. The molecule has 0 fully saturated rings. The molecule has 240 valence electrons. The van der Waals surface area contributed by atoms with Crippen LogP contribution < -0.4 is 10.1 Å². The summed E-state index contributed by atoms with van der Waals surface area (Å²) in [4.78, 5) is 32.2. The van der Waals surface area contributed by atoms with Gasteiger partial charge < -0.3 is 24.6 Å². The topological polar surface area (TPSA) is 106 Å². The van der Waals surface area contributed by atoms with Crippen molar-refractivity contribution in [3.8, 4) is 5.75 Å². The van der Waals surface area contributed by atoms with Crippen LogP contribution in [0.5, 0.6) is 5.75 Å². The third kappa shape index (κ3) is 9.22. The van der Waals surface area contributed by atoms with Crippen molar-refractivity contribution in [1.29, 1.82) is 0 Å². The van der Waals surface area contributed by atoms with Crippen LogP contribution in [-0.2, 0) is 25.5 Å². The monoisotopic (exact) mass is 718 g/mol. The van der Waals surface area contributed by atoms with Crippen molar-refractivity contribution < 1.29 is 28.9 Å². The number of aliphatic hydroxyl groups excluding tert-OH is 1. The summed E-state index contributed by atoms with van der Waals surface area (Å²) >= 11 is 16.1. The van der Waals surface area contributed by atoms with E-state index in [1.54, 1.807) is 57.2 Å². The number of rotatable bonds is 13. The van der Waals surface area contributed by atoms with E-state index in [9.17, 15) is 9.59 Å². The summed E-state index contributed by atoms with van der Waals surface area (Å²) in [5.74, 6) is 0.0538. The summed E-state index contributed by atoms with van der Waals surface area (Å²) < 4.78 is 18.5. The summed E-state index contributed by atoms with van der Waals surface area (Å²) in [6.45, 7) is 6.08. The highest BCUT2D eigenvalue weighted by Gasteiger charge is 2.53. The van der Waals surface area contributed by atoms with Gasteiger partial charge in [-0.2, -0.15) is 0 Å². The molecule has 3 aromatic rings. The largest absolute Gasteiger partial charge is 0.494 e. The highest BCUT2D eigenvalue weighted by Crippen LogP contribution is 2.45. The number of aliphatic hydroxyl groups is 1. The predicted octanol–water partition coefficient (Wildman–Crippen LogP) is 7.25. The second-order valence-corrected chi connectivity index (χ2v) is 13.3. The van der Waals surface area contributed by atoms with Gasteiger partial charge in [-0.1, -0.05) is 63.4 Å². The van der Waals surface area contributed by atoms with Crippen LogP contribution in [0.3, 0.4) is 0 Å². The van der Waals surface area contributed by atoms with E-state index in [0.717, 1.165) is 10.0 Å². The molecule has 0 spiro atoms. The number of amides is 1. The number of benzene rings is 3. The Kier molecular flexibility index (Phi) is 11.9. The van der Waals surface area contributed by atoms with Gasteiger partial charge in [-0.25, -0.2) is 4.99 Å². The molecule has 1 aliphatic heterocycles. The maximum absolute atomic E-state index is 14.3. The van der Waals surface area contributed by atoms with Gasteiger partial charge in [-0.05, 0) is 81.6 Å². The SMILES string of the molecule is CC(C)(C)OC(=O)CC[C@@]1(C(=O)NCCc2ccc(Cl)cc2Cl)N=C(c2ccc(OCCCO)cc2)O[C@@H]1c1ccccc1Br. The van der Waals surface area contributed by atoms with Crippen LogP contribution in [0.4, 0.5) is 0 Å². The number of hydrogen-bond acceptors (Lipinski definition) is 7. The van der Waals surface area contributed by atoms with Crippen LogP contribution in [0.2, 0.25) is 10.0 Å². The Morgan fingerprint density at radius 2 is 1.82 bits per heavy atom. The van der Waals surface area contributed by atoms with E-state index in [0.29, 0.717) is 46.4 Å². The zero-order valence-electron chi connectivity index (χ0n) is 25.4. The molecule has 0 saturated carbocycles. The van der Waals surface area contributed by atoms with Crippen molar-refractivity contribution in [2.24, 2.45) is 4.99 Å². The number of ether oxygens (including phenoxy) is 3. The molecule has 2 N–H and O–H groups in total. The number of aliphatic imine (C=N–C) groups is 1. The lowest BCUT2D eigenvalue weighted by atomic mass is 9.83. The molecule has 0 bridgehead atoms. The number of nitrogens with one attached hydrogen (secondary N) is 1. The number of nitrogens with zero attached hydrogens (tertiary/aromatic N) is 1. The molecule has 1 heterocycles. The van der Waals surface area contributed by atoms with E-state index < -0.39 is 29.1 Å². The van der Waals surface area contributed by atoms with Crippen LogP contribution in [0.25, 0.3) is 0 Å². The second kappa shape index (κ2) is 15.5. The molecule has 8 nitrogen and oxygen atoms in total. The molecule has 1 amide bonds. The number of esters is 1. The third-order valence-corrected chi connectivity index (χ3v) is 8.35. The van der Waals surface area contributed by atoms with E-state index in [1.807, 2.05) is 30.3 Å². The van der Waals surface area contributed by atoms with Gasteiger partial charge in [0, 0.05) is 51.6 Å². The quantitative estimate of drug-likeness (QED) is 0.142. The lowest BCUT2D eigenvalue weighted by Gasteiger charge is -2.31. The van der Waals surface area contributed by atoms with Gasteiger partial charge in [0.1, 0.15) is 11.4 Å². The standard InChI is InChI=1S/C34H37BrCl2N2O6/c1-33(2,3)45-29(41)15-17-34(32(42)38-18-16-22-9-12-24(36)21-28(22)37)30(26-7-4-5-8-27(26)35)44-31(39-34)23-10-13-25(14-11-23)43-20-6-19-40/h4-5,7-14,21,30,40H,6,15-20H2,1-3H3,(H,38,42)/t30-,34-/m1/s1. The molecule has 11 heteroatoms. The van der Waals surface area contributed by atoms with Crippen LogP contribution in [0.15, 0.2) is 76.2 Å². The molecule has 0 unspecified atom stereocenters. The van der Waals surface area contributed by atoms with Crippen LogP contribution in [-0.4, -0.2) is 53.8 Å². The first-order chi connectivity index (χ1) is 21.4. The van der Waals surface area contributed by atoms with E-state index in [4.69, 9.17) is 47.5 Å².